The molecule has 0 radical (unpaired) electrons. The summed E-state index contributed by atoms with van der Waals surface area (Å²) in [5.41, 5.74) is -0.562. The third kappa shape index (κ3) is 4.12. The van der Waals surface area contributed by atoms with Crippen molar-refractivity contribution in [2.45, 2.75) is 23.8 Å². The molecule has 0 aliphatic carbocycles. The molecule has 1 atom stereocenters. The fourth-order valence-corrected chi connectivity index (χ4v) is 3.27. The third-order valence-electron chi connectivity index (χ3n) is 3.59. The van der Waals surface area contributed by atoms with Crippen LogP contribution in [0.5, 0.6) is 0 Å². The summed E-state index contributed by atoms with van der Waals surface area (Å²) in [4.78, 5) is 10.9. The van der Waals surface area contributed by atoms with Crippen LogP contribution in [-0.4, -0.2) is 45.4 Å². The number of primary sulfonamides is 1. The summed E-state index contributed by atoms with van der Waals surface area (Å²) in [6.45, 7) is 0.525. The number of anilines is 1. The van der Waals surface area contributed by atoms with Gasteiger partial charge in [-0.3, -0.25) is 10.1 Å². The second kappa shape index (κ2) is 6.72. The van der Waals surface area contributed by atoms with Crippen LogP contribution >= 0.6 is 0 Å². The van der Waals surface area contributed by atoms with Gasteiger partial charge in [0, 0.05) is 24.3 Å². The molecule has 0 unspecified atom stereocenters. The monoisotopic (exact) mass is 350 g/mol. The zero-order chi connectivity index (χ0) is 17.2. The molecule has 2 rings (SSSR count). The van der Waals surface area contributed by atoms with E-state index in [1.807, 2.05) is 0 Å². The number of nitrogens with two attached hydrogens (primary N) is 1. The van der Waals surface area contributed by atoms with Crippen molar-refractivity contribution in [1.29, 1.82) is 0 Å². The van der Waals surface area contributed by atoms with Crippen LogP contribution in [0, 0.1) is 10.1 Å². The van der Waals surface area contributed by atoms with E-state index in [4.69, 9.17) is 5.14 Å². The van der Waals surface area contributed by atoms with Crippen molar-refractivity contribution in [3.8, 4) is 0 Å². The van der Waals surface area contributed by atoms with Crippen molar-refractivity contribution in [2.75, 3.05) is 24.5 Å². The summed E-state index contributed by atoms with van der Waals surface area (Å²) in [5, 5.41) is 19.1. The van der Waals surface area contributed by atoms with Gasteiger partial charge in [0.05, 0.1) is 11.5 Å². The highest BCUT2D eigenvalue weighted by Crippen LogP contribution is 2.30. The second-order valence-electron chi connectivity index (χ2n) is 5.14. The highest BCUT2D eigenvalue weighted by atomic mass is 32.2. The molecule has 1 saturated heterocycles. The van der Waals surface area contributed by atoms with E-state index in [-0.39, 0.29) is 11.7 Å². The number of benzene rings is 1. The molecule has 0 spiro atoms. The Hall–Kier alpha value is -1.85. The van der Waals surface area contributed by atoms with E-state index in [2.05, 4.69) is 5.32 Å². The van der Waals surface area contributed by atoms with Crippen molar-refractivity contribution in [1.82, 2.24) is 5.32 Å². The number of rotatable bonds is 6. The van der Waals surface area contributed by atoms with Crippen molar-refractivity contribution >= 4 is 21.4 Å². The molecule has 0 saturated carbocycles. The summed E-state index contributed by atoms with van der Waals surface area (Å²) in [7, 11) is -4.28. The van der Waals surface area contributed by atoms with Gasteiger partial charge in [-0.05, 0) is 25.1 Å². The maximum atomic E-state index is 12.8. The summed E-state index contributed by atoms with van der Waals surface area (Å²) >= 11 is 0. The first kappa shape index (κ1) is 17.5. The first-order valence-corrected chi connectivity index (χ1v) is 8.31. The maximum absolute atomic E-state index is 12.8. The molecule has 1 aliphatic heterocycles. The Morgan fingerprint density at radius 2 is 2.17 bits per heavy atom. The Kier molecular flexibility index (Phi) is 5.12. The number of nitro benzene ring substituents is 1. The van der Waals surface area contributed by atoms with Gasteiger partial charge >= 0.3 is 0 Å². The molecule has 11 heteroatoms. The lowest BCUT2D eigenvalue weighted by atomic mass is 10.1. The second-order valence-corrected chi connectivity index (χ2v) is 6.67. The number of hydrogen-bond acceptors (Lipinski definition) is 6. The average Bonchev–Trinajstić information content (AvgIpc) is 2.96. The van der Waals surface area contributed by atoms with Crippen molar-refractivity contribution < 1.29 is 22.1 Å². The molecule has 0 bridgehead atoms. The number of sulfonamides is 1. The molecular formula is C12H16F2N4O4S. The Balaban J connectivity index is 2.47. The molecule has 0 aromatic heterocycles. The molecule has 8 nitrogen and oxygen atoms in total. The summed E-state index contributed by atoms with van der Waals surface area (Å²) in [6, 6.07) is 2.96. The Labute approximate surface area is 131 Å². The fourth-order valence-electron chi connectivity index (χ4n) is 2.59. The lowest BCUT2D eigenvalue weighted by Gasteiger charge is -2.30. The standard InChI is InChI=1S/C12H16F2N4O4S/c13-12(14)7-17(9-3-4-16-6-9)8-1-2-11(23(15,21)22)10(5-8)18(19)20/h1-2,5,9,12,16H,3-4,6-7H2,(H2,15,21,22)/t9-/m1/s1. The number of halogens is 2. The van der Waals surface area contributed by atoms with Gasteiger partial charge < -0.3 is 10.2 Å². The minimum absolute atomic E-state index is 0.165. The van der Waals surface area contributed by atoms with Crippen LogP contribution < -0.4 is 15.4 Å². The average molecular weight is 350 g/mol. The molecule has 23 heavy (non-hydrogen) atoms. The van der Waals surface area contributed by atoms with Crippen molar-refractivity contribution in [3.63, 3.8) is 0 Å². The van der Waals surface area contributed by atoms with Gasteiger partial charge in [-0.1, -0.05) is 0 Å². The summed E-state index contributed by atoms with van der Waals surface area (Å²) in [6.07, 6.45) is -2.02. The first-order valence-electron chi connectivity index (χ1n) is 6.77. The number of alkyl halides is 2. The van der Waals surface area contributed by atoms with Gasteiger partial charge in [0.25, 0.3) is 12.1 Å². The zero-order valence-corrected chi connectivity index (χ0v) is 12.8. The number of hydrogen-bond donors (Lipinski definition) is 2. The molecule has 1 aromatic rings. The lowest BCUT2D eigenvalue weighted by molar-refractivity contribution is -0.387. The quantitative estimate of drug-likeness (QED) is 0.575. The van der Waals surface area contributed by atoms with Crippen LogP contribution in [-0.2, 0) is 10.0 Å². The van der Waals surface area contributed by atoms with Crippen LogP contribution in [0.3, 0.4) is 0 Å². The van der Waals surface area contributed by atoms with E-state index in [1.54, 1.807) is 0 Å². The smallest absolute Gasteiger partial charge is 0.291 e. The molecule has 128 valence electrons. The van der Waals surface area contributed by atoms with Gasteiger partial charge in [0.2, 0.25) is 10.0 Å². The number of nitrogens with one attached hydrogen (secondary N) is 1. The van der Waals surface area contributed by atoms with Crippen molar-refractivity contribution in [2.24, 2.45) is 5.14 Å². The molecule has 0 amide bonds. The van der Waals surface area contributed by atoms with Crippen LogP contribution in [0.4, 0.5) is 20.2 Å². The summed E-state index contributed by atoms with van der Waals surface area (Å²) < 4.78 is 48.5. The van der Waals surface area contributed by atoms with Gasteiger partial charge in [0.15, 0.2) is 4.90 Å². The SMILES string of the molecule is NS(=O)(=O)c1ccc(N(CC(F)F)[C@@H]2CCNC2)cc1[N+](=O)[O-]. The number of nitro groups is 1. The minimum Gasteiger partial charge on any atom is -0.361 e. The molecule has 1 aliphatic rings. The Bertz CT molecular complexity index is 692. The third-order valence-corrected chi connectivity index (χ3v) is 4.55. The predicted octanol–water partition coefficient (Wildman–Crippen LogP) is 0.676. The highest BCUT2D eigenvalue weighted by Gasteiger charge is 2.29. The zero-order valence-electron chi connectivity index (χ0n) is 12.0. The van der Waals surface area contributed by atoms with Crippen LogP contribution in [0.2, 0.25) is 0 Å². The highest BCUT2D eigenvalue weighted by molar-refractivity contribution is 7.89. The summed E-state index contributed by atoms with van der Waals surface area (Å²) in [5.74, 6) is 0. The van der Waals surface area contributed by atoms with Crippen molar-refractivity contribution in [3.05, 3.63) is 28.3 Å². The normalized spacial score (nSPS) is 18.3. The number of nitrogens with zero attached hydrogens (tertiary/aromatic N) is 2. The minimum atomic E-state index is -4.28. The van der Waals surface area contributed by atoms with E-state index < -0.39 is 38.5 Å². The predicted molar refractivity (Wildman–Crippen MR) is 79.1 cm³/mol. The van der Waals surface area contributed by atoms with Crippen LogP contribution in [0.15, 0.2) is 23.1 Å². The maximum Gasteiger partial charge on any atom is 0.291 e. The van der Waals surface area contributed by atoms with Gasteiger partial charge in [-0.2, -0.15) is 0 Å². The molecule has 1 fully saturated rings. The van der Waals surface area contributed by atoms with E-state index in [1.165, 1.54) is 11.0 Å². The first-order chi connectivity index (χ1) is 10.7. The molecule has 1 aromatic carbocycles. The Morgan fingerprint density at radius 3 is 2.65 bits per heavy atom. The van der Waals surface area contributed by atoms with E-state index in [0.29, 0.717) is 19.5 Å². The van der Waals surface area contributed by atoms with Gasteiger partial charge in [-0.25, -0.2) is 22.3 Å². The van der Waals surface area contributed by atoms with E-state index in [0.717, 1.165) is 12.1 Å². The van der Waals surface area contributed by atoms with E-state index in [9.17, 15) is 27.3 Å². The lowest BCUT2D eigenvalue weighted by Crippen LogP contribution is -2.40. The van der Waals surface area contributed by atoms with Gasteiger partial charge in [-0.15, -0.1) is 0 Å². The molecule has 1 heterocycles. The topological polar surface area (TPSA) is 119 Å². The molecule has 3 N–H and O–H groups in total. The largest absolute Gasteiger partial charge is 0.361 e. The fraction of sp³-hybridized carbons (Fsp3) is 0.500. The Morgan fingerprint density at radius 1 is 1.48 bits per heavy atom. The van der Waals surface area contributed by atoms with Crippen LogP contribution in [0.1, 0.15) is 6.42 Å². The van der Waals surface area contributed by atoms with E-state index >= 15 is 0 Å². The van der Waals surface area contributed by atoms with Gasteiger partial charge in [0.1, 0.15) is 0 Å². The molecular weight excluding hydrogens is 334 g/mol. The van der Waals surface area contributed by atoms with Crippen LogP contribution in [0.25, 0.3) is 0 Å².